The molecule has 1 aliphatic heterocycles. The van der Waals surface area contributed by atoms with E-state index < -0.39 is 0 Å². The standard InChI is InChI=1S/C25H22BrClN4O2/c26-19-8-10-23(29-15-19)30-25(33)21-14-20(27)9-7-18(21)13-22(32)16-3-5-17(6-4-16)24(28)31-11-1-2-12-31/h3-10,14-15,28H,1-2,11-13H2,(H,29,30,33). The van der Waals surface area contributed by atoms with E-state index in [2.05, 4.69) is 31.1 Å². The van der Waals surface area contributed by atoms with Gasteiger partial charge in [-0.2, -0.15) is 0 Å². The molecule has 0 atom stereocenters. The van der Waals surface area contributed by atoms with Gasteiger partial charge in [0.25, 0.3) is 5.91 Å². The second kappa shape index (κ2) is 10.3. The highest BCUT2D eigenvalue weighted by Gasteiger charge is 2.19. The lowest BCUT2D eigenvalue weighted by atomic mass is 9.97. The van der Waals surface area contributed by atoms with E-state index in [1.165, 1.54) is 0 Å². The summed E-state index contributed by atoms with van der Waals surface area (Å²) < 4.78 is 0.802. The quantitative estimate of drug-likeness (QED) is 0.249. The number of amidine groups is 1. The maximum Gasteiger partial charge on any atom is 0.257 e. The fraction of sp³-hybridized carbons (Fsp3) is 0.200. The zero-order valence-electron chi connectivity index (χ0n) is 17.8. The lowest BCUT2D eigenvalue weighted by Crippen LogP contribution is -2.27. The summed E-state index contributed by atoms with van der Waals surface area (Å²) in [7, 11) is 0. The largest absolute Gasteiger partial charge is 0.357 e. The van der Waals surface area contributed by atoms with Crippen molar-refractivity contribution in [3.63, 3.8) is 0 Å². The molecule has 2 heterocycles. The molecular formula is C25H22BrClN4O2. The number of benzene rings is 2. The van der Waals surface area contributed by atoms with Crippen LogP contribution in [-0.2, 0) is 6.42 Å². The Balaban J connectivity index is 1.49. The molecule has 0 spiro atoms. The van der Waals surface area contributed by atoms with E-state index >= 15 is 0 Å². The number of carbonyl (C=O) groups excluding carboxylic acids is 2. The van der Waals surface area contributed by atoms with Gasteiger partial charge in [-0.15, -0.1) is 0 Å². The highest BCUT2D eigenvalue weighted by atomic mass is 79.9. The Hall–Kier alpha value is -3.03. The summed E-state index contributed by atoms with van der Waals surface area (Å²) >= 11 is 9.44. The molecule has 168 valence electrons. The molecule has 1 aromatic heterocycles. The van der Waals surface area contributed by atoms with Gasteiger partial charge in [0.15, 0.2) is 5.78 Å². The Morgan fingerprint density at radius 1 is 1.03 bits per heavy atom. The minimum atomic E-state index is -0.385. The normalized spacial score (nSPS) is 13.1. The van der Waals surface area contributed by atoms with Crippen LogP contribution in [-0.4, -0.2) is 40.5 Å². The summed E-state index contributed by atoms with van der Waals surface area (Å²) in [5.74, 6) is 0.387. The number of aromatic nitrogens is 1. The van der Waals surface area contributed by atoms with Gasteiger partial charge in [0, 0.05) is 51.9 Å². The van der Waals surface area contributed by atoms with Crippen molar-refractivity contribution in [2.24, 2.45) is 0 Å². The first kappa shape index (κ1) is 23.1. The van der Waals surface area contributed by atoms with Crippen LogP contribution in [0.3, 0.4) is 0 Å². The molecule has 0 aliphatic carbocycles. The van der Waals surface area contributed by atoms with Crippen LogP contribution >= 0.6 is 27.5 Å². The third-order valence-corrected chi connectivity index (χ3v) is 6.24. The molecule has 2 aromatic carbocycles. The number of amides is 1. The summed E-state index contributed by atoms with van der Waals surface area (Å²) in [6, 6.07) is 15.5. The number of ketones is 1. The number of nitrogens with zero attached hydrogens (tertiary/aromatic N) is 2. The topological polar surface area (TPSA) is 86.1 Å². The number of pyridine rings is 1. The average Bonchev–Trinajstić information content (AvgIpc) is 3.36. The molecule has 8 heteroatoms. The third-order valence-electron chi connectivity index (χ3n) is 5.54. The Labute approximate surface area is 205 Å². The first-order valence-electron chi connectivity index (χ1n) is 10.6. The Bertz CT molecular complexity index is 1190. The number of anilines is 1. The van der Waals surface area contributed by atoms with E-state index in [1.807, 2.05) is 12.1 Å². The van der Waals surface area contributed by atoms with Crippen molar-refractivity contribution in [3.8, 4) is 0 Å². The molecule has 6 nitrogen and oxygen atoms in total. The second-order valence-electron chi connectivity index (χ2n) is 7.84. The van der Waals surface area contributed by atoms with Crippen LogP contribution in [0.15, 0.2) is 65.3 Å². The highest BCUT2D eigenvalue weighted by Crippen LogP contribution is 2.21. The number of hydrogen-bond acceptors (Lipinski definition) is 4. The Kier molecular flexibility index (Phi) is 7.20. The van der Waals surface area contributed by atoms with Gasteiger partial charge in [-0.05, 0) is 58.6 Å². The molecule has 0 radical (unpaired) electrons. The highest BCUT2D eigenvalue weighted by molar-refractivity contribution is 9.10. The molecule has 0 bridgehead atoms. The molecular weight excluding hydrogens is 504 g/mol. The molecule has 4 rings (SSSR count). The monoisotopic (exact) mass is 524 g/mol. The van der Waals surface area contributed by atoms with Gasteiger partial charge in [0.05, 0.1) is 0 Å². The lowest BCUT2D eigenvalue weighted by molar-refractivity contribution is 0.0992. The van der Waals surface area contributed by atoms with Gasteiger partial charge >= 0.3 is 0 Å². The van der Waals surface area contributed by atoms with Crippen LogP contribution < -0.4 is 5.32 Å². The minimum absolute atomic E-state index is 0.0522. The van der Waals surface area contributed by atoms with Crippen molar-refractivity contribution in [2.75, 3.05) is 18.4 Å². The van der Waals surface area contributed by atoms with E-state index in [-0.39, 0.29) is 18.1 Å². The summed E-state index contributed by atoms with van der Waals surface area (Å²) in [6.45, 7) is 1.80. The molecule has 3 aromatic rings. The van der Waals surface area contributed by atoms with Gasteiger partial charge in [-0.3, -0.25) is 15.0 Å². The molecule has 1 fully saturated rings. The van der Waals surface area contributed by atoms with Crippen LogP contribution in [0.4, 0.5) is 5.82 Å². The maximum absolute atomic E-state index is 13.0. The fourth-order valence-corrected chi connectivity index (χ4v) is 4.17. The number of likely N-dealkylation sites (tertiary alicyclic amines) is 1. The zero-order valence-corrected chi connectivity index (χ0v) is 20.1. The number of Topliss-reactive ketones (excluding diaryl/α,β-unsaturated/α-hetero) is 1. The maximum atomic E-state index is 13.0. The van der Waals surface area contributed by atoms with Crippen molar-refractivity contribution in [3.05, 3.63) is 92.5 Å². The summed E-state index contributed by atoms with van der Waals surface area (Å²) in [5.41, 5.74) is 2.23. The molecule has 0 saturated carbocycles. The molecule has 1 saturated heterocycles. The molecule has 0 unspecified atom stereocenters. The smallest absolute Gasteiger partial charge is 0.257 e. The number of halogens is 2. The first-order chi connectivity index (χ1) is 15.9. The van der Waals surface area contributed by atoms with Crippen molar-refractivity contribution < 1.29 is 9.59 Å². The van der Waals surface area contributed by atoms with Crippen LogP contribution in [0.25, 0.3) is 0 Å². The molecule has 33 heavy (non-hydrogen) atoms. The van der Waals surface area contributed by atoms with Crippen molar-refractivity contribution in [2.45, 2.75) is 19.3 Å². The molecule has 2 N–H and O–H groups in total. The van der Waals surface area contributed by atoms with Crippen LogP contribution in [0.1, 0.15) is 44.7 Å². The fourth-order valence-electron chi connectivity index (χ4n) is 3.76. The summed E-state index contributed by atoms with van der Waals surface area (Å²) in [4.78, 5) is 32.0. The van der Waals surface area contributed by atoms with Gasteiger partial charge in [0.1, 0.15) is 11.7 Å². The molecule has 1 amide bonds. The van der Waals surface area contributed by atoms with E-state index in [0.717, 1.165) is 36.0 Å². The van der Waals surface area contributed by atoms with Gasteiger partial charge in [0.2, 0.25) is 0 Å². The van der Waals surface area contributed by atoms with E-state index in [9.17, 15) is 9.59 Å². The minimum Gasteiger partial charge on any atom is -0.357 e. The Morgan fingerprint density at radius 2 is 1.73 bits per heavy atom. The van der Waals surface area contributed by atoms with Crippen LogP contribution in [0, 0.1) is 5.41 Å². The third kappa shape index (κ3) is 5.67. The van der Waals surface area contributed by atoms with Gasteiger partial charge in [-0.25, -0.2) is 4.98 Å². The van der Waals surface area contributed by atoms with Crippen LogP contribution in [0.5, 0.6) is 0 Å². The number of hydrogen-bond donors (Lipinski definition) is 2. The lowest BCUT2D eigenvalue weighted by Gasteiger charge is -2.18. The van der Waals surface area contributed by atoms with E-state index in [4.69, 9.17) is 17.0 Å². The second-order valence-corrected chi connectivity index (χ2v) is 9.19. The van der Waals surface area contributed by atoms with Crippen molar-refractivity contribution in [1.29, 1.82) is 5.41 Å². The summed E-state index contributed by atoms with van der Waals surface area (Å²) in [6.07, 6.45) is 3.85. The first-order valence-corrected chi connectivity index (χ1v) is 11.8. The van der Waals surface area contributed by atoms with E-state index in [0.29, 0.717) is 33.4 Å². The SMILES string of the molecule is N=C(c1ccc(C(=O)Cc2ccc(Cl)cc2C(=O)Nc2ccc(Br)cn2)cc1)N1CCCC1. The van der Waals surface area contributed by atoms with Crippen molar-refractivity contribution >= 4 is 50.9 Å². The van der Waals surface area contributed by atoms with E-state index in [1.54, 1.807) is 48.7 Å². The zero-order chi connectivity index (χ0) is 23.4. The number of rotatable bonds is 6. The predicted molar refractivity (Wildman–Crippen MR) is 133 cm³/mol. The summed E-state index contributed by atoms with van der Waals surface area (Å²) in [5, 5.41) is 11.5. The van der Waals surface area contributed by atoms with Crippen LogP contribution in [0.2, 0.25) is 5.02 Å². The van der Waals surface area contributed by atoms with Gasteiger partial charge < -0.3 is 10.2 Å². The number of carbonyl (C=O) groups is 2. The predicted octanol–water partition coefficient (Wildman–Crippen LogP) is 5.60. The Morgan fingerprint density at radius 3 is 2.39 bits per heavy atom. The van der Waals surface area contributed by atoms with Gasteiger partial charge in [-0.1, -0.05) is 41.9 Å². The average molecular weight is 526 g/mol. The number of nitrogens with one attached hydrogen (secondary N) is 2. The molecule has 1 aliphatic rings. The van der Waals surface area contributed by atoms with Crippen molar-refractivity contribution in [1.82, 2.24) is 9.88 Å².